The zero-order valence-corrected chi connectivity index (χ0v) is 18.1. The van der Waals surface area contributed by atoms with Gasteiger partial charge in [-0.25, -0.2) is 4.79 Å². The molecule has 3 aromatic rings. The molecule has 33 heavy (non-hydrogen) atoms. The number of benzene rings is 3. The number of nitrogens with one attached hydrogen (secondary N) is 2. The van der Waals surface area contributed by atoms with Crippen molar-refractivity contribution < 1.29 is 19.1 Å². The summed E-state index contributed by atoms with van der Waals surface area (Å²) >= 11 is 0. The molecule has 0 bridgehead atoms. The van der Waals surface area contributed by atoms with Crippen molar-refractivity contribution in [2.24, 2.45) is 0 Å². The minimum Gasteiger partial charge on any atom is -0.436 e. The molecule has 1 saturated heterocycles. The van der Waals surface area contributed by atoms with Gasteiger partial charge in [-0.2, -0.15) is 0 Å². The fourth-order valence-corrected chi connectivity index (χ4v) is 4.36. The summed E-state index contributed by atoms with van der Waals surface area (Å²) in [6, 6.07) is 22.6. The minimum atomic E-state index is -0.595. The molecule has 1 heterocycles. The number of hydrogen-bond donors (Lipinski definition) is 2. The monoisotopic (exact) mass is 441 g/mol. The van der Waals surface area contributed by atoms with Crippen LogP contribution in [0.2, 0.25) is 0 Å². The first-order valence-corrected chi connectivity index (χ1v) is 10.8. The number of amides is 3. The first-order valence-electron chi connectivity index (χ1n) is 10.8. The maximum absolute atomic E-state index is 13.0. The molecule has 0 aromatic heterocycles. The summed E-state index contributed by atoms with van der Waals surface area (Å²) in [6.07, 6.45) is -0.542. The zero-order valence-electron chi connectivity index (χ0n) is 18.1. The fourth-order valence-electron chi connectivity index (χ4n) is 4.36. The van der Waals surface area contributed by atoms with Gasteiger partial charge in [0.05, 0.1) is 6.54 Å². The van der Waals surface area contributed by atoms with Gasteiger partial charge in [0.2, 0.25) is 11.8 Å². The van der Waals surface area contributed by atoms with Crippen molar-refractivity contribution in [2.75, 3.05) is 18.5 Å². The van der Waals surface area contributed by atoms with Gasteiger partial charge in [0.15, 0.2) is 6.10 Å². The molecule has 166 valence electrons. The Kier molecular flexibility index (Phi) is 5.30. The van der Waals surface area contributed by atoms with Crippen LogP contribution in [0, 0.1) is 0 Å². The van der Waals surface area contributed by atoms with Crippen LogP contribution in [0.5, 0.6) is 0 Å². The van der Waals surface area contributed by atoms with Gasteiger partial charge < -0.3 is 15.4 Å². The first-order chi connectivity index (χ1) is 16.0. The van der Waals surface area contributed by atoms with Gasteiger partial charge in [-0.3, -0.25) is 14.5 Å². The molecule has 1 aliphatic heterocycles. The number of nitrogens with zero attached hydrogens (tertiary/aromatic N) is 1. The molecular weight excluding hydrogens is 418 g/mol. The number of ether oxygens (including phenoxy) is 1. The Morgan fingerprint density at radius 2 is 1.55 bits per heavy atom. The topological polar surface area (TPSA) is 87.7 Å². The van der Waals surface area contributed by atoms with E-state index in [0.29, 0.717) is 12.1 Å². The Labute approximate surface area is 191 Å². The van der Waals surface area contributed by atoms with Crippen molar-refractivity contribution in [1.82, 2.24) is 10.6 Å². The van der Waals surface area contributed by atoms with Gasteiger partial charge >= 0.3 is 6.09 Å². The van der Waals surface area contributed by atoms with Crippen LogP contribution in [-0.4, -0.2) is 37.5 Å². The Bertz CT molecular complexity index is 1190. The smallest absolute Gasteiger partial charge is 0.414 e. The lowest BCUT2D eigenvalue weighted by Gasteiger charge is -2.24. The van der Waals surface area contributed by atoms with E-state index in [9.17, 15) is 14.4 Å². The van der Waals surface area contributed by atoms with Crippen LogP contribution in [-0.2, 0) is 20.7 Å². The van der Waals surface area contributed by atoms with E-state index in [1.807, 2.05) is 60.7 Å². The Balaban J connectivity index is 1.29. The van der Waals surface area contributed by atoms with Crippen LogP contribution in [0.1, 0.15) is 22.8 Å². The first kappa shape index (κ1) is 20.8. The highest BCUT2D eigenvalue weighted by Crippen LogP contribution is 2.45. The van der Waals surface area contributed by atoms with Crippen molar-refractivity contribution in [3.05, 3.63) is 89.5 Å². The van der Waals surface area contributed by atoms with Gasteiger partial charge in [0.1, 0.15) is 6.04 Å². The third kappa shape index (κ3) is 3.93. The molecule has 7 heteroatoms. The van der Waals surface area contributed by atoms with E-state index in [1.165, 1.54) is 4.90 Å². The summed E-state index contributed by atoms with van der Waals surface area (Å²) in [6.45, 7) is 0.0110. The van der Waals surface area contributed by atoms with Gasteiger partial charge in [-0.1, -0.05) is 60.7 Å². The number of carbonyl (C=O) groups excluding carboxylic acids is 3. The van der Waals surface area contributed by atoms with Crippen LogP contribution in [0.15, 0.2) is 72.8 Å². The molecule has 0 unspecified atom stereocenters. The molecule has 0 radical (unpaired) electrons. The molecule has 1 atom stereocenters. The number of rotatable bonds is 4. The molecule has 3 aromatic carbocycles. The molecule has 1 fully saturated rings. The number of carbonyl (C=O) groups is 3. The van der Waals surface area contributed by atoms with E-state index < -0.39 is 18.2 Å². The van der Waals surface area contributed by atoms with Crippen LogP contribution in [0.4, 0.5) is 10.5 Å². The quantitative estimate of drug-likeness (QED) is 0.651. The standard InChI is InChI=1S/C26H23N3O4/c1-29(17-12-10-16(11-13-17)14-22-25(31)27-15-23(30)28-22)26(32)33-24-20-8-4-2-6-18(20)19-7-3-5-9-21(19)24/h2-13,22,24H,14-15H2,1H3,(H,27,31)(H,28,30)/t22-/m0/s1. The van der Waals surface area contributed by atoms with E-state index in [2.05, 4.69) is 10.6 Å². The molecule has 2 N–H and O–H groups in total. The van der Waals surface area contributed by atoms with E-state index >= 15 is 0 Å². The third-order valence-corrected chi connectivity index (χ3v) is 6.11. The lowest BCUT2D eigenvalue weighted by Crippen LogP contribution is -2.56. The van der Waals surface area contributed by atoms with Crippen LogP contribution in [0.25, 0.3) is 11.1 Å². The van der Waals surface area contributed by atoms with Gasteiger partial charge in [0, 0.05) is 30.3 Å². The fraction of sp³-hybridized carbons (Fsp3) is 0.192. The van der Waals surface area contributed by atoms with Gasteiger partial charge in [0.25, 0.3) is 0 Å². The Hall–Kier alpha value is -4.13. The highest BCUT2D eigenvalue weighted by Gasteiger charge is 2.32. The summed E-state index contributed by atoms with van der Waals surface area (Å²) in [4.78, 5) is 38.0. The molecule has 3 amide bonds. The average Bonchev–Trinajstić information content (AvgIpc) is 3.15. The second kappa shape index (κ2) is 8.43. The highest BCUT2D eigenvalue weighted by molar-refractivity contribution is 5.95. The summed E-state index contributed by atoms with van der Waals surface area (Å²) in [5.41, 5.74) is 5.66. The Morgan fingerprint density at radius 3 is 2.18 bits per heavy atom. The van der Waals surface area contributed by atoms with Crippen molar-refractivity contribution in [3.63, 3.8) is 0 Å². The van der Waals surface area contributed by atoms with E-state index in [4.69, 9.17) is 4.74 Å². The van der Waals surface area contributed by atoms with E-state index in [0.717, 1.165) is 27.8 Å². The molecule has 0 spiro atoms. The molecule has 0 saturated carbocycles. The van der Waals surface area contributed by atoms with Crippen molar-refractivity contribution in [2.45, 2.75) is 18.6 Å². The second-order valence-corrected chi connectivity index (χ2v) is 8.21. The summed E-state index contributed by atoms with van der Waals surface area (Å²) in [5, 5.41) is 5.27. The summed E-state index contributed by atoms with van der Waals surface area (Å²) < 4.78 is 5.94. The number of fused-ring (bicyclic) bond motifs is 3. The number of anilines is 1. The lowest BCUT2D eigenvalue weighted by atomic mass is 10.0. The SMILES string of the molecule is CN(C(=O)OC1c2ccccc2-c2ccccc21)c1ccc(C[C@@H]2NC(=O)CNC2=O)cc1. The average molecular weight is 441 g/mol. The van der Waals surface area contributed by atoms with E-state index in [-0.39, 0.29) is 18.4 Å². The minimum absolute atomic E-state index is 0.0110. The van der Waals surface area contributed by atoms with Crippen molar-refractivity contribution >= 4 is 23.6 Å². The maximum atomic E-state index is 13.0. The summed E-state index contributed by atoms with van der Waals surface area (Å²) in [7, 11) is 1.67. The second-order valence-electron chi connectivity index (χ2n) is 8.21. The molecule has 1 aliphatic carbocycles. The van der Waals surface area contributed by atoms with Crippen LogP contribution < -0.4 is 15.5 Å². The maximum Gasteiger partial charge on any atom is 0.414 e. The van der Waals surface area contributed by atoms with Gasteiger partial charge in [-0.05, 0) is 28.8 Å². The predicted molar refractivity (Wildman–Crippen MR) is 124 cm³/mol. The normalized spacial score (nSPS) is 16.9. The van der Waals surface area contributed by atoms with Crippen molar-refractivity contribution in [1.29, 1.82) is 0 Å². The number of piperazine rings is 1. The number of hydrogen-bond acceptors (Lipinski definition) is 4. The predicted octanol–water partition coefficient (Wildman–Crippen LogP) is 3.19. The van der Waals surface area contributed by atoms with Crippen LogP contribution >= 0.6 is 0 Å². The third-order valence-electron chi connectivity index (χ3n) is 6.11. The molecule has 7 nitrogen and oxygen atoms in total. The summed E-state index contributed by atoms with van der Waals surface area (Å²) in [5.74, 6) is -0.398. The zero-order chi connectivity index (χ0) is 22.9. The lowest BCUT2D eigenvalue weighted by molar-refractivity contribution is -0.133. The Morgan fingerprint density at radius 1 is 0.939 bits per heavy atom. The molecule has 5 rings (SSSR count). The van der Waals surface area contributed by atoms with E-state index in [1.54, 1.807) is 19.2 Å². The molecule has 2 aliphatic rings. The van der Waals surface area contributed by atoms with Gasteiger partial charge in [-0.15, -0.1) is 0 Å². The largest absolute Gasteiger partial charge is 0.436 e. The highest BCUT2D eigenvalue weighted by atomic mass is 16.6. The van der Waals surface area contributed by atoms with Crippen molar-refractivity contribution in [3.8, 4) is 11.1 Å². The molecular formula is C26H23N3O4. The van der Waals surface area contributed by atoms with Crippen LogP contribution in [0.3, 0.4) is 0 Å².